The first-order chi connectivity index (χ1) is 7.75. The van der Waals surface area contributed by atoms with E-state index in [0.29, 0.717) is 0 Å². The van der Waals surface area contributed by atoms with Crippen LogP contribution in [0, 0.1) is 12.3 Å². The van der Waals surface area contributed by atoms with Gasteiger partial charge >= 0.3 is 0 Å². The summed E-state index contributed by atoms with van der Waals surface area (Å²) in [4.78, 5) is 3.45. The van der Waals surface area contributed by atoms with Crippen LogP contribution in [0.1, 0.15) is 18.4 Å². The number of rotatable bonds is 3. The smallest absolute Gasteiger partial charge is 0.106 e. The van der Waals surface area contributed by atoms with Gasteiger partial charge in [-0.05, 0) is 31.9 Å². The molecule has 0 aromatic heterocycles. The van der Waals surface area contributed by atoms with E-state index < -0.39 is 0 Å². The Kier molecular flexibility index (Phi) is 3.88. The molecule has 1 heterocycles. The van der Waals surface area contributed by atoms with Crippen molar-refractivity contribution < 1.29 is 0 Å². The molecule has 0 atom stereocenters. The lowest BCUT2D eigenvalue weighted by molar-refractivity contribution is 0.514. The Hall–Kier alpha value is -0.960. The fraction of sp³-hybridized carbons (Fsp3) is 0.462. The van der Waals surface area contributed by atoms with Crippen molar-refractivity contribution in [2.75, 3.05) is 18.8 Å². The van der Waals surface area contributed by atoms with Crippen molar-refractivity contribution in [1.82, 2.24) is 4.90 Å². The maximum absolute atomic E-state index is 7.98. The van der Waals surface area contributed by atoms with E-state index in [1.165, 1.54) is 23.3 Å². The molecular weight excluding hydrogens is 216 g/mol. The second-order valence-electron chi connectivity index (χ2n) is 4.24. The maximum Gasteiger partial charge on any atom is 0.106 e. The number of amidine groups is 1. The molecule has 16 heavy (non-hydrogen) atoms. The summed E-state index contributed by atoms with van der Waals surface area (Å²) in [5, 5.41) is 7.98. The van der Waals surface area contributed by atoms with E-state index in [1.807, 2.05) is 0 Å². The highest BCUT2D eigenvalue weighted by atomic mass is 32.2. The minimum Gasteiger partial charge on any atom is -0.360 e. The van der Waals surface area contributed by atoms with Crippen LogP contribution in [0.15, 0.2) is 29.2 Å². The van der Waals surface area contributed by atoms with Gasteiger partial charge in [-0.1, -0.05) is 17.7 Å². The monoisotopic (exact) mass is 234 g/mol. The van der Waals surface area contributed by atoms with E-state index in [4.69, 9.17) is 5.41 Å². The minimum absolute atomic E-state index is 0.781. The van der Waals surface area contributed by atoms with Crippen molar-refractivity contribution in [1.29, 1.82) is 5.41 Å². The molecule has 1 aromatic rings. The molecule has 1 N–H and O–H groups in total. The van der Waals surface area contributed by atoms with Crippen LogP contribution in [0.4, 0.5) is 0 Å². The second-order valence-corrected chi connectivity index (χ2v) is 5.29. The third kappa shape index (κ3) is 3.01. The molecule has 0 saturated carbocycles. The second kappa shape index (κ2) is 5.39. The molecule has 2 rings (SSSR count). The first kappa shape index (κ1) is 11.5. The van der Waals surface area contributed by atoms with Crippen LogP contribution in [0.3, 0.4) is 0 Å². The third-order valence-electron chi connectivity index (χ3n) is 2.88. The van der Waals surface area contributed by atoms with Gasteiger partial charge in [-0.25, -0.2) is 0 Å². The first-order valence-electron chi connectivity index (χ1n) is 5.77. The molecule has 0 bridgehead atoms. The van der Waals surface area contributed by atoms with Gasteiger partial charge in [0.1, 0.15) is 5.84 Å². The summed E-state index contributed by atoms with van der Waals surface area (Å²) in [5.74, 6) is 1.58. The van der Waals surface area contributed by atoms with Gasteiger partial charge < -0.3 is 4.90 Å². The van der Waals surface area contributed by atoms with Gasteiger partial charge in [-0.15, -0.1) is 11.8 Å². The Morgan fingerprint density at radius 2 is 1.88 bits per heavy atom. The molecule has 0 spiro atoms. The number of thioether (sulfide) groups is 1. The van der Waals surface area contributed by atoms with Crippen molar-refractivity contribution >= 4 is 17.6 Å². The number of nitrogens with zero attached hydrogens (tertiary/aromatic N) is 1. The van der Waals surface area contributed by atoms with Gasteiger partial charge in [0.2, 0.25) is 0 Å². The normalized spacial score (nSPS) is 15.4. The summed E-state index contributed by atoms with van der Waals surface area (Å²) in [6.07, 6.45) is 2.50. The molecule has 0 unspecified atom stereocenters. The highest BCUT2D eigenvalue weighted by Gasteiger charge is 2.14. The number of hydrogen-bond donors (Lipinski definition) is 1. The summed E-state index contributed by atoms with van der Waals surface area (Å²) in [6.45, 7) is 4.25. The molecular formula is C13H18N2S. The molecule has 0 amide bonds. The number of benzene rings is 1. The highest BCUT2D eigenvalue weighted by Crippen LogP contribution is 2.19. The lowest BCUT2D eigenvalue weighted by Gasteiger charge is -2.17. The topological polar surface area (TPSA) is 27.1 Å². The van der Waals surface area contributed by atoms with Crippen molar-refractivity contribution in [3.8, 4) is 0 Å². The summed E-state index contributed by atoms with van der Waals surface area (Å²) in [6, 6.07) is 8.53. The Morgan fingerprint density at radius 1 is 1.25 bits per heavy atom. The van der Waals surface area contributed by atoms with E-state index in [0.717, 1.165) is 24.7 Å². The van der Waals surface area contributed by atoms with Crippen molar-refractivity contribution in [3.63, 3.8) is 0 Å². The molecule has 0 radical (unpaired) electrons. The molecule has 1 fully saturated rings. The summed E-state index contributed by atoms with van der Waals surface area (Å²) in [5.41, 5.74) is 1.29. The van der Waals surface area contributed by atoms with Crippen molar-refractivity contribution in [3.05, 3.63) is 29.8 Å². The van der Waals surface area contributed by atoms with Crippen LogP contribution in [0.5, 0.6) is 0 Å². The van der Waals surface area contributed by atoms with Gasteiger partial charge in [0.05, 0.1) is 5.75 Å². The Bertz CT molecular complexity index is 353. The molecule has 2 nitrogen and oxygen atoms in total. The number of aryl methyl sites for hydroxylation is 1. The highest BCUT2D eigenvalue weighted by molar-refractivity contribution is 8.00. The van der Waals surface area contributed by atoms with E-state index in [-0.39, 0.29) is 0 Å². The van der Waals surface area contributed by atoms with Crippen LogP contribution in [-0.2, 0) is 0 Å². The zero-order valence-electron chi connectivity index (χ0n) is 9.70. The molecule has 1 aromatic carbocycles. The van der Waals surface area contributed by atoms with Crippen LogP contribution in [-0.4, -0.2) is 29.6 Å². The number of hydrogen-bond acceptors (Lipinski definition) is 2. The predicted molar refractivity (Wildman–Crippen MR) is 70.4 cm³/mol. The van der Waals surface area contributed by atoms with E-state index in [9.17, 15) is 0 Å². The standard InChI is InChI=1S/C13H18N2S/c1-11-4-6-12(7-5-11)16-10-13(14)15-8-2-3-9-15/h4-7,14H,2-3,8-10H2,1H3. The molecule has 1 aliphatic heterocycles. The van der Waals surface area contributed by atoms with Gasteiger partial charge in [-0.2, -0.15) is 0 Å². The quantitative estimate of drug-likeness (QED) is 0.494. The number of likely N-dealkylation sites (tertiary alicyclic amines) is 1. The van der Waals surface area contributed by atoms with E-state index >= 15 is 0 Å². The van der Waals surface area contributed by atoms with Crippen LogP contribution in [0.25, 0.3) is 0 Å². The fourth-order valence-electron chi connectivity index (χ4n) is 1.86. The van der Waals surface area contributed by atoms with Crippen LogP contribution < -0.4 is 0 Å². The van der Waals surface area contributed by atoms with Gasteiger partial charge in [0, 0.05) is 18.0 Å². The average Bonchev–Trinajstić information content (AvgIpc) is 2.81. The minimum atomic E-state index is 0.781. The Balaban J connectivity index is 1.82. The van der Waals surface area contributed by atoms with Crippen LogP contribution in [0.2, 0.25) is 0 Å². The Morgan fingerprint density at radius 3 is 2.50 bits per heavy atom. The fourth-order valence-corrected chi connectivity index (χ4v) is 2.68. The van der Waals surface area contributed by atoms with Gasteiger partial charge in [0.25, 0.3) is 0 Å². The summed E-state index contributed by atoms with van der Waals surface area (Å²) >= 11 is 1.76. The lowest BCUT2D eigenvalue weighted by atomic mass is 10.2. The van der Waals surface area contributed by atoms with Crippen molar-refractivity contribution in [2.24, 2.45) is 0 Å². The summed E-state index contributed by atoms with van der Waals surface area (Å²) in [7, 11) is 0. The van der Waals surface area contributed by atoms with E-state index in [1.54, 1.807) is 11.8 Å². The zero-order chi connectivity index (χ0) is 11.4. The zero-order valence-corrected chi connectivity index (χ0v) is 10.5. The van der Waals surface area contributed by atoms with Crippen molar-refractivity contribution in [2.45, 2.75) is 24.7 Å². The Labute approximate surface area is 102 Å². The molecule has 1 aliphatic rings. The van der Waals surface area contributed by atoms with Gasteiger partial charge in [0.15, 0.2) is 0 Å². The predicted octanol–water partition coefficient (Wildman–Crippen LogP) is 3.16. The largest absolute Gasteiger partial charge is 0.360 e. The van der Waals surface area contributed by atoms with E-state index in [2.05, 4.69) is 36.1 Å². The average molecular weight is 234 g/mol. The lowest BCUT2D eigenvalue weighted by Crippen LogP contribution is -2.28. The SMILES string of the molecule is Cc1ccc(SCC(=N)N2CCCC2)cc1. The maximum atomic E-state index is 7.98. The summed E-state index contributed by atoms with van der Waals surface area (Å²) < 4.78 is 0. The molecule has 1 saturated heterocycles. The molecule has 0 aliphatic carbocycles. The molecule has 86 valence electrons. The van der Waals surface area contributed by atoms with Crippen LogP contribution >= 0.6 is 11.8 Å². The van der Waals surface area contributed by atoms with Gasteiger partial charge in [-0.3, -0.25) is 5.41 Å². The molecule has 3 heteroatoms. The first-order valence-corrected chi connectivity index (χ1v) is 6.76. The number of nitrogens with one attached hydrogen (secondary N) is 1. The third-order valence-corrected chi connectivity index (χ3v) is 3.91.